The maximum atomic E-state index is 12.5. The lowest BCUT2D eigenvalue weighted by atomic mass is 10.2. The van der Waals surface area contributed by atoms with Crippen LogP contribution in [0.4, 0.5) is 17.1 Å². The quantitative estimate of drug-likeness (QED) is 0.727. The van der Waals surface area contributed by atoms with Crippen molar-refractivity contribution < 1.29 is 9.53 Å². The number of para-hydroxylation sites is 1. The summed E-state index contributed by atoms with van der Waals surface area (Å²) < 4.78 is 5.14. The molecule has 0 saturated heterocycles. The molecule has 0 aliphatic carbocycles. The Morgan fingerprint density at radius 2 is 1.76 bits per heavy atom. The molecule has 25 heavy (non-hydrogen) atoms. The van der Waals surface area contributed by atoms with Crippen molar-refractivity contribution in [3.8, 4) is 5.75 Å². The molecule has 5 nitrogen and oxygen atoms in total. The number of methoxy groups -OCH3 is 1. The van der Waals surface area contributed by atoms with Crippen molar-refractivity contribution in [3.05, 3.63) is 78.1 Å². The molecule has 3 aromatic rings. The van der Waals surface area contributed by atoms with E-state index in [1.165, 1.54) is 0 Å². The number of pyridine rings is 1. The Morgan fingerprint density at radius 1 is 1.00 bits per heavy atom. The van der Waals surface area contributed by atoms with Crippen molar-refractivity contribution in [2.45, 2.75) is 6.92 Å². The molecule has 0 spiro atoms. The van der Waals surface area contributed by atoms with Crippen molar-refractivity contribution in [1.82, 2.24) is 4.98 Å². The molecular formula is C20H19N3O2. The zero-order valence-electron chi connectivity index (χ0n) is 14.1. The second-order valence-corrected chi connectivity index (χ2v) is 5.58. The SMILES string of the molecule is COc1ccc(Nc2cncc(C(=O)Nc3ccccc3C)c2)cc1. The van der Waals surface area contributed by atoms with Crippen molar-refractivity contribution in [3.63, 3.8) is 0 Å². The van der Waals surface area contributed by atoms with Crippen LogP contribution in [0.2, 0.25) is 0 Å². The minimum absolute atomic E-state index is 0.194. The van der Waals surface area contributed by atoms with Gasteiger partial charge in [-0.25, -0.2) is 0 Å². The van der Waals surface area contributed by atoms with E-state index in [0.29, 0.717) is 5.56 Å². The summed E-state index contributed by atoms with van der Waals surface area (Å²) in [5.74, 6) is 0.593. The van der Waals surface area contributed by atoms with E-state index in [0.717, 1.165) is 28.4 Å². The van der Waals surface area contributed by atoms with E-state index in [1.54, 1.807) is 25.6 Å². The van der Waals surface area contributed by atoms with Crippen molar-refractivity contribution in [2.24, 2.45) is 0 Å². The van der Waals surface area contributed by atoms with Crippen LogP contribution in [0.1, 0.15) is 15.9 Å². The molecule has 1 amide bonds. The number of carbonyl (C=O) groups is 1. The molecule has 0 radical (unpaired) electrons. The van der Waals surface area contributed by atoms with Crippen molar-refractivity contribution in [1.29, 1.82) is 0 Å². The number of nitrogens with one attached hydrogen (secondary N) is 2. The average molecular weight is 333 g/mol. The summed E-state index contributed by atoms with van der Waals surface area (Å²) >= 11 is 0. The number of aromatic nitrogens is 1. The second kappa shape index (κ2) is 7.49. The number of benzene rings is 2. The van der Waals surface area contributed by atoms with Gasteiger partial charge in [0.1, 0.15) is 5.75 Å². The lowest BCUT2D eigenvalue weighted by molar-refractivity contribution is 0.102. The summed E-state index contributed by atoms with van der Waals surface area (Å²) in [6.07, 6.45) is 3.22. The first-order valence-electron chi connectivity index (χ1n) is 7.89. The van der Waals surface area contributed by atoms with Gasteiger partial charge >= 0.3 is 0 Å². The molecule has 3 rings (SSSR count). The van der Waals surface area contributed by atoms with Gasteiger partial charge in [0.25, 0.3) is 5.91 Å². The van der Waals surface area contributed by atoms with E-state index in [-0.39, 0.29) is 5.91 Å². The zero-order valence-corrected chi connectivity index (χ0v) is 14.1. The van der Waals surface area contributed by atoms with Crippen LogP contribution in [0.25, 0.3) is 0 Å². The molecule has 0 saturated carbocycles. The van der Waals surface area contributed by atoms with Crippen LogP contribution in [0, 0.1) is 6.92 Å². The predicted molar refractivity (Wildman–Crippen MR) is 99.6 cm³/mol. The Kier molecular flexibility index (Phi) is 4.95. The lowest BCUT2D eigenvalue weighted by Gasteiger charge is -2.10. The topological polar surface area (TPSA) is 63.2 Å². The first-order chi connectivity index (χ1) is 12.2. The van der Waals surface area contributed by atoms with E-state index in [2.05, 4.69) is 15.6 Å². The number of amides is 1. The highest BCUT2D eigenvalue weighted by Crippen LogP contribution is 2.21. The number of nitrogens with zero attached hydrogens (tertiary/aromatic N) is 1. The fraction of sp³-hybridized carbons (Fsp3) is 0.100. The number of rotatable bonds is 5. The molecule has 0 unspecified atom stereocenters. The molecular weight excluding hydrogens is 314 g/mol. The highest BCUT2D eigenvalue weighted by molar-refractivity contribution is 6.05. The molecule has 1 aromatic heterocycles. The third-order valence-corrected chi connectivity index (χ3v) is 3.77. The normalized spacial score (nSPS) is 10.2. The molecule has 126 valence electrons. The van der Waals surface area contributed by atoms with Crippen LogP contribution < -0.4 is 15.4 Å². The van der Waals surface area contributed by atoms with Crippen LogP contribution in [0.5, 0.6) is 5.75 Å². The van der Waals surface area contributed by atoms with Gasteiger partial charge in [-0.1, -0.05) is 18.2 Å². The van der Waals surface area contributed by atoms with E-state index < -0.39 is 0 Å². The van der Waals surface area contributed by atoms with Gasteiger partial charge in [-0.2, -0.15) is 0 Å². The van der Waals surface area contributed by atoms with Gasteiger partial charge in [0.05, 0.1) is 24.6 Å². The summed E-state index contributed by atoms with van der Waals surface area (Å²) in [4.78, 5) is 16.6. The standard InChI is InChI=1S/C20H19N3O2/c1-14-5-3-4-6-19(14)23-20(24)15-11-17(13-21-12-15)22-16-7-9-18(25-2)10-8-16/h3-13,22H,1-2H3,(H,23,24). The largest absolute Gasteiger partial charge is 0.497 e. The summed E-state index contributed by atoms with van der Waals surface area (Å²) in [5.41, 5.74) is 3.92. The third-order valence-electron chi connectivity index (χ3n) is 3.77. The van der Waals surface area contributed by atoms with Crippen LogP contribution in [-0.4, -0.2) is 18.0 Å². The molecule has 2 N–H and O–H groups in total. The Labute approximate surface area is 146 Å². The highest BCUT2D eigenvalue weighted by atomic mass is 16.5. The Bertz CT molecular complexity index is 876. The number of hydrogen-bond acceptors (Lipinski definition) is 4. The number of hydrogen-bond donors (Lipinski definition) is 2. The van der Waals surface area contributed by atoms with Crippen molar-refractivity contribution in [2.75, 3.05) is 17.7 Å². The Balaban J connectivity index is 1.74. The molecule has 2 aromatic carbocycles. The predicted octanol–water partition coefficient (Wildman–Crippen LogP) is 4.39. The van der Waals surface area contributed by atoms with Crippen molar-refractivity contribution >= 4 is 23.0 Å². The maximum Gasteiger partial charge on any atom is 0.257 e. The molecule has 0 atom stereocenters. The number of anilines is 3. The minimum Gasteiger partial charge on any atom is -0.497 e. The van der Waals surface area contributed by atoms with E-state index >= 15 is 0 Å². The molecule has 1 heterocycles. The Morgan fingerprint density at radius 3 is 2.48 bits per heavy atom. The van der Waals surface area contributed by atoms with Crippen LogP contribution in [0.15, 0.2) is 67.0 Å². The lowest BCUT2D eigenvalue weighted by Crippen LogP contribution is -2.13. The van der Waals surface area contributed by atoms with Gasteiger partial charge in [0.15, 0.2) is 0 Å². The van der Waals surface area contributed by atoms with Gasteiger partial charge in [-0.05, 0) is 48.9 Å². The van der Waals surface area contributed by atoms with Crippen LogP contribution >= 0.6 is 0 Å². The van der Waals surface area contributed by atoms with E-state index in [4.69, 9.17) is 4.74 Å². The first kappa shape index (κ1) is 16.5. The molecule has 0 aliphatic rings. The fourth-order valence-corrected chi connectivity index (χ4v) is 2.38. The van der Waals surface area contributed by atoms with Gasteiger partial charge in [-0.15, -0.1) is 0 Å². The molecule has 0 bridgehead atoms. The Hall–Kier alpha value is -3.34. The van der Waals surface area contributed by atoms with Crippen LogP contribution in [0.3, 0.4) is 0 Å². The average Bonchev–Trinajstić information content (AvgIpc) is 2.64. The summed E-state index contributed by atoms with van der Waals surface area (Å²) in [6.45, 7) is 1.95. The van der Waals surface area contributed by atoms with Gasteiger partial charge < -0.3 is 15.4 Å². The highest BCUT2D eigenvalue weighted by Gasteiger charge is 2.09. The maximum absolute atomic E-state index is 12.5. The van der Waals surface area contributed by atoms with E-state index in [1.807, 2.05) is 55.5 Å². The fourth-order valence-electron chi connectivity index (χ4n) is 2.38. The smallest absolute Gasteiger partial charge is 0.257 e. The number of aryl methyl sites for hydroxylation is 1. The number of ether oxygens (including phenoxy) is 1. The molecule has 5 heteroatoms. The van der Waals surface area contributed by atoms with Gasteiger partial charge in [-0.3, -0.25) is 9.78 Å². The van der Waals surface area contributed by atoms with E-state index in [9.17, 15) is 4.79 Å². The van der Waals surface area contributed by atoms with Crippen LogP contribution in [-0.2, 0) is 0 Å². The molecule has 0 fully saturated rings. The van der Waals surface area contributed by atoms with Gasteiger partial charge in [0.2, 0.25) is 0 Å². The minimum atomic E-state index is -0.194. The summed E-state index contributed by atoms with van der Waals surface area (Å²) in [5, 5.41) is 6.14. The zero-order chi connectivity index (χ0) is 17.6. The number of carbonyl (C=O) groups excluding carboxylic acids is 1. The summed E-state index contributed by atoms with van der Waals surface area (Å²) in [7, 11) is 1.63. The third kappa shape index (κ3) is 4.14. The molecule has 0 aliphatic heterocycles. The monoisotopic (exact) mass is 333 g/mol. The van der Waals surface area contributed by atoms with Gasteiger partial charge in [0, 0.05) is 17.6 Å². The second-order valence-electron chi connectivity index (χ2n) is 5.58. The first-order valence-corrected chi connectivity index (χ1v) is 7.89. The summed E-state index contributed by atoms with van der Waals surface area (Å²) in [6, 6.07) is 17.0.